The van der Waals surface area contributed by atoms with Crippen LogP contribution in [0.1, 0.15) is 40.5 Å². The number of nitrogens with zero attached hydrogens (tertiary/aromatic N) is 2. The highest BCUT2D eigenvalue weighted by Crippen LogP contribution is 2.38. The normalized spacial score (nSPS) is 14.0. The van der Waals surface area contributed by atoms with Crippen LogP contribution in [0, 0.1) is 0 Å². The number of hydrogen-bond acceptors (Lipinski definition) is 4. The van der Waals surface area contributed by atoms with Crippen LogP contribution in [0.3, 0.4) is 0 Å². The third kappa shape index (κ3) is 2.77. The van der Waals surface area contributed by atoms with Gasteiger partial charge in [0.25, 0.3) is 0 Å². The summed E-state index contributed by atoms with van der Waals surface area (Å²) in [6, 6.07) is 9.81. The summed E-state index contributed by atoms with van der Waals surface area (Å²) in [5, 5.41) is 12.3. The molecule has 5 nitrogen and oxygen atoms in total. The van der Waals surface area contributed by atoms with Crippen LogP contribution in [0.25, 0.3) is 0 Å². The third-order valence-corrected chi connectivity index (χ3v) is 3.28. The molecule has 0 saturated heterocycles. The van der Waals surface area contributed by atoms with Gasteiger partial charge in [-0.15, -0.1) is 0 Å². The van der Waals surface area contributed by atoms with E-state index >= 15 is 0 Å². The number of aromatic nitrogens is 2. The molecule has 1 aliphatic rings. The van der Waals surface area contributed by atoms with Gasteiger partial charge in [-0.3, -0.25) is 0 Å². The maximum Gasteiger partial charge on any atom is 0.341 e. The Kier molecular flexibility index (Phi) is 3.33. The van der Waals surface area contributed by atoms with Crippen molar-refractivity contribution in [1.82, 2.24) is 9.97 Å². The van der Waals surface area contributed by atoms with Gasteiger partial charge in [0.2, 0.25) is 0 Å². The Bertz CT molecular complexity index is 624. The minimum absolute atomic E-state index is 0.116. The molecule has 1 aromatic heterocycles. The molecule has 2 N–H and O–H groups in total. The lowest BCUT2D eigenvalue weighted by Gasteiger charge is -2.09. The summed E-state index contributed by atoms with van der Waals surface area (Å²) in [5.74, 6) is 0.529. The van der Waals surface area contributed by atoms with Crippen LogP contribution in [-0.4, -0.2) is 21.0 Å². The second-order valence-corrected chi connectivity index (χ2v) is 4.91. The van der Waals surface area contributed by atoms with E-state index in [2.05, 4.69) is 15.3 Å². The first kappa shape index (κ1) is 12.6. The lowest BCUT2D eigenvalue weighted by molar-refractivity contribution is 0.0697. The van der Waals surface area contributed by atoms with E-state index in [1.807, 2.05) is 30.3 Å². The maximum absolute atomic E-state index is 11.2. The van der Waals surface area contributed by atoms with Crippen molar-refractivity contribution >= 4 is 11.8 Å². The van der Waals surface area contributed by atoms with Gasteiger partial charge in [-0.1, -0.05) is 30.3 Å². The second-order valence-electron chi connectivity index (χ2n) is 4.91. The zero-order valence-corrected chi connectivity index (χ0v) is 10.9. The van der Waals surface area contributed by atoms with Crippen molar-refractivity contribution in [2.75, 3.05) is 5.32 Å². The quantitative estimate of drug-likeness (QED) is 0.872. The summed E-state index contributed by atoms with van der Waals surface area (Å²) < 4.78 is 0. The van der Waals surface area contributed by atoms with Crippen LogP contribution in [0.15, 0.2) is 36.5 Å². The lowest BCUT2D eigenvalue weighted by atomic mass is 10.2. The van der Waals surface area contributed by atoms with Gasteiger partial charge in [0.15, 0.2) is 0 Å². The second kappa shape index (κ2) is 5.28. The Hall–Kier alpha value is -2.43. The monoisotopic (exact) mass is 269 g/mol. The highest BCUT2D eigenvalue weighted by molar-refractivity contribution is 5.92. The van der Waals surface area contributed by atoms with E-state index in [1.165, 1.54) is 6.20 Å². The standard InChI is InChI=1S/C15H15N3O2/c19-15(20)12-9-17-13(11-6-7-11)18-14(12)16-8-10-4-2-1-3-5-10/h1-5,9,11H,6-8H2,(H,19,20)(H,16,17,18). The number of benzene rings is 1. The van der Waals surface area contributed by atoms with Crippen LogP contribution >= 0.6 is 0 Å². The van der Waals surface area contributed by atoms with Crippen molar-refractivity contribution in [2.24, 2.45) is 0 Å². The van der Waals surface area contributed by atoms with Gasteiger partial charge >= 0.3 is 5.97 Å². The van der Waals surface area contributed by atoms with E-state index in [1.54, 1.807) is 0 Å². The molecule has 1 fully saturated rings. The molecular formula is C15H15N3O2. The predicted octanol–water partition coefficient (Wildman–Crippen LogP) is 2.66. The molecular weight excluding hydrogens is 254 g/mol. The fourth-order valence-corrected chi connectivity index (χ4v) is 2.01. The molecule has 0 spiro atoms. The molecule has 1 saturated carbocycles. The topological polar surface area (TPSA) is 75.1 Å². The maximum atomic E-state index is 11.2. The summed E-state index contributed by atoms with van der Waals surface area (Å²) in [6.07, 6.45) is 3.57. The minimum Gasteiger partial charge on any atom is -0.477 e. The fraction of sp³-hybridized carbons (Fsp3) is 0.267. The predicted molar refractivity (Wildman–Crippen MR) is 74.7 cm³/mol. The number of carboxylic acid groups (broad SMARTS) is 1. The first-order chi connectivity index (χ1) is 9.74. The van der Waals surface area contributed by atoms with Gasteiger partial charge in [-0.05, 0) is 18.4 Å². The van der Waals surface area contributed by atoms with Crippen LogP contribution in [0.4, 0.5) is 5.82 Å². The van der Waals surface area contributed by atoms with Crippen molar-refractivity contribution in [2.45, 2.75) is 25.3 Å². The van der Waals surface area contributed by atoms with Crippen LogP contribution in [-0.2, 0) is 6.54 Å². The molecule has 2 aromatic rings. The molecule has 0 unspecified atom stereocenters. The van der Waals surface area contributed by atoms with E-state index < -0.39 is 5.97 Å². The number of rotatable bonds is 5. The number of hydrogen-bond donors (Lipinski definition) is 2. The molecule has 0 bridgehead atoms. The van der Waals surface area contributed by atoms with E-state index in [0.717, 1.165) is 24.2 Å². The van der Waals surface area contributed by atoms with Crippen molar-refractivity contribution in [1.29, 1.82) is 0 Å². The Balaban J connectivity index is 1.82. The molecule has 102 valence electrons. The van der Waals surface area contributed by atoms with Crippen molar-refractivity contribution in [3.05, 3.63) is 53.5 Å². The fourth-order valence-electron chi connectivity index (χ4n) is 2.01. The van der Waals surface area contributed by atoms with E-state index in [-0.39, 0.29) is 5.56 Å². The number of nitrogens with one attached hydrogen (secondary N) is 1. The summed E-state index contributed by atoms with van der Waals surface area (Å²) in [4.78, 5) is 19.7. The van der Waals surface area contributed by atoms with Crippen LogP contribution < -0.4 is 5.32 Å². The van der Waals surface area contributed by atoms with Gasteiger partial charge in [-0.2, -0.15) is 0 Å². The average molecular weight is 269 g/mol. The number of carbonyl (C=O) groups is 1. The molecule has 20 heavy (non-hydrogen) atoms. The van der Waals surface area contributed by atoms with Crippen LogP contribution in [0.5, 0.6) is 0 Å². The lowest BCUT2D eigenvalue weighted by Crippen LogP contribution is -2.11. The molecule has 0 amide bonds. The van der Waals surface area contributed by atoms with Gasteiger partial charge in [0.05, 0.1) is 0 Å². The molecule has 0 radical (unpaired) electrons. The number of carboxylic acids is 1. The summed E-state index contributed by atoms with van der Waals surface area (Å²) >= 11 is 0. The zero-order chi connectivity index (χ0) is 13.9. The van der Waals surface area contributed by atoms with Crippen LogP contribution in [0.2, 0.25) is 0 Å². The molecule has 1 aliphatic carbocycles. The minimum atomic E-state index is -1.01. The van der Waals surface area contributed by atoms with E-state index in [9.17, 15) is 9.90 Å². The Morgan fingerprint density at radius 3 is 2.70 bits per heavy atom. The highest BCUT2D eigenvalue weighted by atomic mass is 16.4. The molecule has 1 heterocycles. The van der Waals surface area contributed by atoms with Gasteiger partial charge < -0.3 is 10.4 Å². The SMILES string of the molecule is O=C(O)c1cnc(C2CC2)nc1NCc1ccccc1. The van der Waals surface area contributed by atoms with Crippen molar-refractivity contribution in [3.8, 4) is 0 Å². The largest absolute Gasteiger partial charge is 0.477 e. The molecule has 1 aromatic carbocycles. The first-order valence-electron chi connectivity index (χ1n) is 6.62. The zero-order valence-electron chi connectivity index (χ0n) is 10.9. The molecule has 5 heteroatoms. The molecule has 0 atom stereocenters. The summed E-state index contributed by atoms with van der Waals surface area (Å²) in [7, 11) is 0. The van der Waals surface area contributed by atoms with Crippen molar-refractivity contribution in [3.63, 3.8) is 0 Å². The average Bonchev–Trinajstić information content (AvgIpc) is 3.30. The van der Waals surface area contributed by atoms with Gasteiger partial charge in [-0.25, -0.2) is 14.8 Å². The smallest absolute Gasteiger partial charge is 0.341 e. The summed E-state index contributed by atoms with van der Waals surface area (Å²) in [6.45, 7) is 0.544. The molecule has 3 rings (SSSR count). The third-order valence-electron chi connectivity index (χ3n) is 3.28. The first-order valence-corrected chi connectivity index (χ1v) is 6.62. The summed E-state index contributed by atoms with van der Waals surface area (Å²) in [5.41, 5.74) is 1.20. The van der Waals surface area contributed by atoms with Crippen molar-refractivity contribution < 1.29 is 9.90 Å². The van der Waals surface area contributed by atoms with Gasteiger partial charge in [0.1, 0.15) is 17.2 Å². The highest BCUT2D eigenvalue weighted by Gasteiger charge is 2.27. The Morgan fingerprint density at radius 1 is 1.30 bits per heavy atom. The van der Waals surface area contributed by atoms with E-state index in [4.69, 9.17) is 0 Å². The Morgan fingerprint density at radius 2 is 2.05 bits per heavy atom. The Labute approximate surface area is 116 Å². The van der Waals surface area contributed by atoms with E-state index in [0.29, 0.717) is 18.3 Å². The van der Waals surface area contributed by atoms with Gasteiger partial charge in [0, 0.05) is 18.7 Å². The molecule has 0 aliphatic heterocycles. The number of aromatic carboxylic acids is 1. The number of anilines is 1.